The molecule has 1 aromatic heterocycles. The van der Waals surface area contributed by atoms with Crippen LogP contribution in [0.15, 0.2) is 35.5 Å². The molecule has 0 aliphatic heterocycles. The largest absolute Gasteiger partial charge is 0.361 e. The first-order chi connectivity index (χ1) is 11.1. The van der Waals surface area contributed by atoms with E-state index in [1.165, 1.54) is 16.5 Å². The Morgan fingerprint density at radius 2 is 2.00 bits per heavy atom. The summed E-state index contributed by atoms with van der Waals surface area (Å²) >= 11 is 1.84. The van der Waals surface area contributed by atoms with Crippen molar-refractivity contribution in [2.24, 2.45) is 4.99 Å². The lowest BCUT2D eigenvalue weighted by atomic mass is 10.1. The van der Waals surface area contributed by atoms with Gasteiger partial charge in [-0.15, -0.1) is 24.0 Å². The maximum absolute atomic E-state index is 4.70. The Hall–Kier alpha value is -0.890. The number of fused-ring (bicyclic) bond motifs is 1. The Labute approximate surface area is 166 Å². The van der Waals surface area contributed by atoms with Crippen LogP contribution >= 0.6 is 35.7 Å². The highest BCUT2D eigenvalue weighted by Crippen LogP contribution is 2.21. The lowest BCUT2D eigenvalue weighted by Crippen LogP contribution is -2.39. The molecule has 0 radical (unpaired) electrons. The van der Waals surface area contributed by atoms with Crippen LogP contribution in [0.25, 0.3) is 10.9 Å². The van der Waals surface area contributed by atoms with Gasteiger partial charge in [0, 0.05) is 34.9 Å². The molecule has 0 unspecified atom stereocenters. The summed E-state index contributed by atoms with van der Waals surface area (Å²) in [7, 11) is 0. The first kappa shape index (κ1) is 21.2. The van der Waals surface area contributed by atoms with Crippen molar-refractivity contribution >= 4 is 52.6 Å². The van der Waals surface area contributed by atoms with Gasteiger partial charge in [0.1, 0.15) is 0 Å². The van der Waals surface area contributed by atoms with Crippen molar-refractivity contribution in [3.8, 4) is 0 Å². The number of hydrogen-bond donors (Lipinski definition) is 3. The predicted octanol–water partition coefficient (Wildman–Crippen LogP) is 4.03. The minimum Gasteiger partial charge on any atom is -0.361 e. The summed E-state index contributed by atoms with van der Waals surface area (Å²) in [4.78, 5) is 8.03. The molecule has 4 nitrogen and oxygen atoms in total. The predicted molar refractivity (Wildman–Crippen MR) is 119 cm³/mol. The van der Waals surface area contributed by atoms with Gasteiger partial charge in [-0.3, -0.25) is 4.99 Å². The van der Waals surface area contributed by atoms with Crippen LogP contribution in [0.2, 0.25) is 0 Å². The van der Waals surface area contributed by atoms with Gasteiger partial charge in [-0.1, -0.05) is 18.2 Å². The van der Waals surface area contributed by atoms with Crippen molar-refractivity contribution in [3.05, 3.63) is 36.0 Å². The third-order valence-corrected chi connectivity index (χ3v) is 5.11. The topological polar surface area (TPSA) is 52.2 Å². The summed E-state index contributed by atoms with van der Waals surface area (Å²) in [5.74, 6) is 0.898. The molecule has 0 saturated heterocycles. The van der Waals surface area contributed by atoms with Crippen LogP contribution in [-0.4, -0.2) is 41.6 Å². The van der Waals surface area contributed by atoms with Crippen molar-refractivity contribution in [3.63, 3.8) is 0 Å². The van der Waals surface area contributed by atoms with Crippen molar-refractivity contribution < 1.29 is 0 Å². The number of rotatable bonds is 7. The van der Waals surface area contributed by atoms with E-state index in [0.717, 1.165) is 32.0 Å². The third-order valence-electron chi connectivity index (χ3n) is 3.88. The molecule has 0 spiro atoms. The van der Waals surface area contributed by atoms with Crippen LogP contribution in [0.4, 0.5) is 0 Å². The number of thioether (sulfide) groups is 1. The summed E-state index contributed by atoms with van der Waals surface area (Å²) in [5.41, 5.74) is 2.54. The molecule has 0 saturated carbocycles. The summed E-state index contributed by atoms with van der Waals surface area (Å²) in [5, 5.41) is 8.06. The molecule has 0 fully saturated rings. The van der Waals surface area contributed by atoms with Gasteiger partial charge in [0.05, 0.1) is 6.54 Å². The number of aliphatic imine (C=N–C) groups is 1. The maximum atomic E-state index is 4.70. The van der Waals surface area contributed by atoms with Crippen LogP contribution in [-0.2, 0) is 6.42 Å². The smallest absolute Gasteiger partial charge is 0.191 e. The van der Waals surface area contributed by atoms with Crippen molar-refractivity contribution in [1.29, 1.82) is 0 Å². The Bertz CT molecular complexity index is 651. The summed E-state index contributed by atoms with van der Waals surface area (Å²) in [6.45, 7) is 9.08. The van der Waals surface area contributed by atoms with Gasteiger partial charge in [-0.2, -0.15) is 11.8 Å². The SMILES string of the molecule is CCNC(=NCC(C)(C)SC)NCCc1c[nH]c2ccccc12.I. The highest BCUT2D eigenvalue weighted by molar-refractivity contribution is 14.0. The fourth-order valence-electron chi connectivity index (χ4n) is 2.33. The zero-order valence-corrected chi connectivity index (χ0v) is 18.1. The van der Waals surface area contributed by atoms with Crippen molar-refractivity contribution in [1.82, 2.24) is 15.6 Å². The van der Waals surface area contributed by atoms with Crippen LogP contribution in [0.5, 0.6) is 0 Å². The van der Waals surface area contributed by atoms with Gasteiger partial charge in [0.25, 0.3) is 0 Å². The summed E-state index contributed by atoms with van der Waals surface area (Å²) < 4.78 is 0.166. The molecule has 1 aromatic carbocycles. The number of para-hydroxylation sites is 1. The fraction of sp³-hybridized carbons (Fsp3) is 0.500. The number of aromatic nitrogens is 1. The Morgan fingerprint density at radius 1 is 1.25 bits per heavy atom. The normalized spacial score (nSPS) is 12.1. The zero-order chi connectivity index (χ0) is 16.7. The summed E-state index contributed by atoms with van der Waals surface area (Å²) in [6.07, 6.45) is 5.21. The average Bonchev–Trinajstić information content (AvgIpc) is 2.96. The number of nitrogens with one attached hydrogen (secondary N) is 3. The van der Waals surface area contributed by atoms with Crippen LogP contribution < -0.4 is 10.6 Å². The van der Waals surface area contributed by atoms with Gasteiger partial charge >= 0.3 is 0 Å². The highest BCUT2D eigenvalue weighted by atomic mass is 127. The molecule has 134 valence electrons. The van der Waals surface area contributed by atoms with E-state index in [4.69, 9.17) is 4.99 Å². The molecule has 0 atom stereocenters. The Morgan fingerprint density at radius 3 is 2.71 bits per heavy atom. The first-order valence-electron chi connectivity index (χ1n) is 8.18. The molecule has 0 amide bonds. The lowest BCUT2D eigenvalue weighted by Gasteiger charge is -2.20. The number of nitrogens with zero attached hydrogens (tertiary/aromatic N) is 1. The number of guanidine groups is 1. The molecule has 2 aromatic rings. The average molecular weight is 460 g/mol. The Kier molecular flexibility index (Phi) is 8.97. The van der Waals surface area contributed by atoms with Crippen molar-refractivity contribution in [2.75, 3.05) is 25.9 Å². The van der Waals surface area contributed by atoms with E-state index >= 15 is 0 Å². The summed E-state index contributed by atoms with van der Waals surface area (Å²) in [6, 6.07) is 8.43. The number of benzene rings is 1. The molecule has 0 aliphatic carbocycles. The molecule has 0 aliphatic rings. The number of aromatic amines is 1. The number of halogens is 1. The highest BCUT2D eigenvalue weighted by Gasteiger charge is 2.15. The molecule has 24 heavy (non-hydrogen) atoms. The van der Waals surface area contributed by atoms with Gasteiger partial charge in [0.15, 0.2) is 5.96 Å². The van der Waals surface area contributed by atoms with Crippen LogP contribution in [0.1, 0.15) is 26.3 Å². The first-order valence-corrected chi connectivity index (χ1v) is 9.40. The third kappa shape index (κ3) is 6.20. The van der Waals surface area contributed by atoms with Gasteiger partial charge in [0.2, 0.25) is 0 Å². The van der Waals surface area contributed by atoms with E-state index in [2.05, 4.69) is 73.1 Å². The quantitative estimate of drug-likeness (QED) is 0.332. The van der Waals surface area contributed by atoms with E-state index in [1.807, 2.05) is 11.8 Å². The number of H-pyrrole nitrogens is 1. The maximum Gasteiger partial charge on any atom is 0.191 e. The molecular formula is C18H29IN4S. The van der Waals surface area contributed by atoms with E-state index in [-0.39, 0.29) is 28.7 Å². The molecular weight excluding hydrogens is 431 g/mol. The van der Waals surface area contributed by atoms with Gasteiger partial charge in [-0.05, 0) is 45.1 Å². The van der Waals surface area contributed by atoms with Crippen LogP contribution in [0, 0.1) is 0 Å². The fourth-order valence-corrected chi connectivity index (χ4v) is 2.52. The van der Waals surface area contributed by atoms with Crippen LogP contribution in [0.3, 0.4) is 0 Å². The molecule has 0 bridgehead atoms. The van der Waals surface area contributed by atoms with Gasteiger partial charge in [-0.25, -0.2) is 0 Å². The second-order valence-corrected chi connectivity index (χ2v) is 7.71. The Balaban J connectivity index is 0.00000288. The van der Waals surface area contributed by atoms with Crippen molar-refractivity contribution in [2.45, 2.75) is 31.9 Å². The minimum absolute atomic E-state index is 0. The minimum atomic E-state index is 0. The second-order valence-electron chi connectivity index (χ2n) is 6.20. The van der Waals surface area contributed by atoms with E-state index in [0.29, 0.717) is 0 Å². The van der Waals surface area contributed by atoms with E-state index < -0.39 is 0 Å². The second kappa shape index (κ2) is 10.2. The molecule has 1 heterocycles. The monoisotopic (exact) mass is 460 g/mol. The molecule has 2 rings (SSSR count). The molecule has 6 heteroatoms. The van der Waals surface area contributed by atoms with Gasteiger partial charge < -0.3 is 15.6 Å². The van der Waals surface area contributed by atoms with E-state index in [1.54, 1.807) is 0 Å². The zero-order valence-electron chi connectivity index (χ0n) is 15.0. The number of hydrogen-bond acceptors (Lipinski definition) is 2. The standard InChI is InChI=1S/C18H28N4S.HI/c1-5-19-17(22-13-18(2,3)23-4)20-11-10-14-12-21-16-9-7-6-8-15(14)16;/h6-9,12,21H,5,10-11,13H2,1-4H3,(H2,19,20,22);1H. The molecule has 3 N–H and O–H groups in total. The lowest BCUT2D eigenvalue weighted by molar-refractivity contribution is 0.710. The van der Waals surface area contributed by atoms with E-state index in [9.17, 15) is 0 Å².